The van der Waals surface area contributed by atoms with Crippen LogP contribution in [0.15, 0.2) is 110 Å². The van der Waals surface area contributed by atoms with Gasteiger partial charge in [-0.05, 0) is 66.2 Å². The van der Waals surface area contributed by atoms with Gasteiger partial charge in [-0.15, -0.1) is 0 Å². The summed E-state index contributed by atoms with van der Waals surface area (Å²) in [5, 5.41) is 18.0. The zero-order valence-electron chi connectivity index (χ0n) is 21.0. The molecule has 0 amide bonds. The topological polar surface area (TPSA) is 113 Å². The molecular weight excluding hydrogens is 612 g/mol. The van der Waals surface area contributed by atoms with Gasteiger partial charge in [0.2, 0.25) is 5.82 Å². The Morgan fingerprint density at radius 1 is 1.05 bits per heavy atom. The summed E-state index contributed by atoms with van der Waals surface area (Å²) >= 11 is 9.37. The number of aromatic nitrogens is 2. The van der Waals surface area contributed by atoms with E-state index in [9.17, 15) is 14.9 Å². The number of hydrogen-bond acceptors (Lipinski definition) is 7. The number of rotatable bonds is 7. The molecule has 0 saturated heterocycles. The van der Waals surface area contributed by atoms with Crippen LogP contribution in [0.1, 0.15) is 11.1 Å². The van der Waals surface area contributed by atoms with E-state index in [4.69, 9.17) is 20.8 Å². The smallest absolute Gasteiger partial charge is 0.311 e. The molecule has 0 aliphatic rings. The van der Waals surface area contributed by atoms with Crippen LogP contribution in [0.3, 0.4) is 0 Å². The third-order valence-electron chi connectivity index (χ3n) is 6.26. The summed E-state index contributed by atoms with van der Waals surface area (Å²) in [6.45, 7) is 0.126. The van der Waals surface area contributed by atoms with Gasteiger partial charge in [0, 0.05) is 26.5 Å². The van der Waals surface area contributed by atoms with Crippen LogP contribution in [0.4, 0.5) is 5.69 Å². The van der Waals surface area contributed by atoms with E-state index in [-0.39, 0.29) is 23.9 Å². The summed E-state index contributed by atoms with van der Waals surface area (Å²) in [5.41, 5.74) is 1.64. The molecule has 11 heteroatoms. The molecule has 6 aromatic rings. The number of para-hydroxylation sites is 1. The molecule has 0 aliphatic heterocycles. The first kappa shape index (κ1) is 26.4. The van der Waals surface area contributed by atoms with Gasteiger partial charge in [0.05, 0.1) is 22.0 Å². The van der Waals surface area contributed by atoms with Crippen molar-refractivity contribution in [3.63, 3.8) is 0 Å². The highest BCUT2D eigenvalue weighted by molar-refractivity contribution is 9.10. The molecule has 2 aromatic heterocycles. The van der Waals surface area contributed by atoms with Crippen molar-refractivity contribution in [3.05, 3.63) is 132 Å². The minimum Gasteiger partial charge on any atom is -0.482 e. The molecule has 41 heavy (non-hydrogen) atoms. The Morgan fingerprint density at radius 2 is 1.85 bits per heavy atom. The van der Waals surface area contributed by atoms with Gasteiger partial charge >= 0.3 is 5.69 Å². The van der Waals surface area contributed by atoms with Gasteiger partial charge < -0.3 is 9.15 Å². The van der Waals surface area contributed by atoms with E-state index in [1.807, 2.05) is 18.2 Å². The quantitative estimate of drug-likeness (QED) is 0.102. The van der Waals surface area contributed by atoms with E-state index in [0.29, 0.717) is 32.8 Å². The minimum absolute atomic E-state index is 0.0979. The van der Waals surface area contributed by atoms with E-state index in [1.54, 1.807) is 60.7 Å². The number of ether oxygens (including phenoxy) is 1. The van der Waals surface area contributed by atoms with Gasteiger partial charge in [-0.3, -0.25) is 14.9 Å². The van der Waals surface area contributed by atoms with Crippen molar-refractivity contribution < 1.29 is 14.1 Å². The predicted octanol–water partition coefficient (Wildman–Crippen LogP) is 7.60. The second-order valence-corrected chi connectivity index (χ2v) is 10.4. The lowest BCUT2D eigenvalue weighted by atomic mass is 10.2. The zero-order chi connectivity index (χ0) is 28.5. The van der Waals surface area contributed by atoms with Crippen LogP contribution in [-0.2, 0) is 6.61 Å². The molecule has 0 N–H and O–H groups in total. The maximum Gasteiger partial charge on any atom is 0.311 e. The van der Waals surface area contributed by atoms with Crippen LogP contribution in [0.25, 0.3) is 33.5 Å². The molecule has 9 nitrogen and oxygen atoms in total. The molecule has 4 aromatic carbocycles. The van der Waals surface area contributed by atoms with E-state index >= 15 is 0 Å². The van der Waals surface area contributed by atoms with Crippen molar-refractivity contribution in [1.29, 1.82) is 0 Å². The van der Waals surface area contributed by atoms with Gasteiger partial charge in [0.1, 0.15) is 12.2 Å². The third kappa shape index (κ3) is 5.47. The molecule has 0 bridgehead atoms. The Morgan fingerprint density at radius 3 is 2.66 bits per heavy atom. The summed E-state index contributed by atoms with van der Waals surface area (Å²) in [6.07, 6.45) is 1.36. The molecule has 0 radical (unpaired) electrons. The molecule has 2 heterocycles. The molecule has 0 unspecified atom stereocenters. The Kier molecular flexibility index (Phi) is 7.08. The van der Waals surface area contributed by atoms with E-state index in [1.165, 1.54) is 18.3 Å². The SMILES string of the molecule is O=c1c2ccccc2nc(-c2cc3cc(Br)ccc3o2)n1N=Cc1ccc(OCc2ccc(Cl)cc2)c([N+](=O)[O-])c1. The van der Waals surface area contributed by atoms with Crippen LogP contribution in [0, 0.1) is 10.1 Å². The van der Waals surface area contributed by atoms with Crippen molar-refractivity contribution >= 4 is 61.3 Å². The van der Waals surface area contributed by atoms with Crippen LogP contribution < -0.4 is 10.3 Å². The van der Waals surface area contributed by atoms with Crippen LogP contribution >= 0.6 is 27.5 Å². The number of nitro benzene ring substituents is 1. The number of benzene rings is 4. The third-order valence-corrected chi connectivity index (χ3v) is 7.01. The number of furan rings is 1. The lowest BCUT2D eigenvalue weighted by Crippen LogP contribution is -2.20. The van der Waals surface area contributed by atoms with Crippen molar-refractivity contribution in [3.8, 4) is 17.3 Å². The normalized spacial score (nSPS) is 11.5. The van der Waals surface area contributed by atoms with Crippen LogP contribution in [-0.4, -0.2) is 20.8 Å². The maximum atomic E-state index is 13.5. The summed E-state index contributed by atoms with van der Waals surface area (Å²) in [5.74, 6) is 0.630. The molecular formula is C30H18BrClN4O5. The Labute approximate surface area is 245 Å². The fraction of sp³-hybridized carbons (Fsp3) is 0.0333. The highest BCUT2D eigenvalue weighted by Crippen LogP contribution is 2.30. The van der Waals surface area contributed by atoms with Crippen molar-refractivity contribution in [2.75, 3.05) is 0 Å². The molecule has 6 rings (SSSR count). The van der Waals surface area contributed by atoms with E-state index in [2.05, 4.69) is 26.0 Å². The average molecular weight is 630 g/mol. The highest BCUT2D eigenvalue weighted by atomic mass is 79.9. The van der Waals surface area contributed by atoms with E-state index < -0.39 is 10.5 Å². The van der Waals surface area contributed by atoms with Gasteiger partial charge in [-0.2, -0.15) is 9.78 Å². The second-order valence-electron chi connectivity index (χ2n) is 9.01. The van der Waals surface area contributed by atoms with Crippen molar-refractivity contribution in [1.82, 2.24) is 9.66 Å². The highest BCUT2D eigenvalue weighted by Gasteiger charge is 2.18. The van der Waals surface area contributed by atoms with Crippen LogP contribution in [0.5, 0.6) is 5.75 Å². The van der Waals surface area contributed by atoms with E-state index in [0.717, 1.165) is 20.1 Å². The molecule has 0 atom stereocenters. The molecule has 0 spiro atoms. The summed E-state index contributed by atoms with van der Waals surface area (Å²) in [6, 6.07) is 25.7. The molecule has 0 fully saturated rings. The number of fused-ring (bicyclic) bond motifs is 2. The number of nitrogens with zero attached hydrogens (tertiary/aromatic N) is 4. The van der Waals surface area contributed by atoms with Gasteiger partial charge in [-0.1, -0.05) is 51.8 Å². The largest absolute Gasteiger partial charge is 0.482 e. The first-order valence-electron chi connectivity index (χ1n) is 12.3. The van der Waals surface area contributed by atoms with Gasteiger partial charge in [-0.25, -0.2) is 4.98 Å². The van der Waals surface area contributed by atoms with Crippen LogP contribution in [0.2, 0.25) is 5.02 Å². The Balaban J connectivity index is 1.38. The Bertz CT molecular complexity index is 2040. The fourth-order valence-corrected chi connectivity index (χ4v) is 4.77. The minimum atomic E-state index is -0.531. The van der Waals surface area contributed by atoms with Crippen molar-refractivity contribution in [2.24, 2.45) is 5.10 Å². The number of halogens is 2. The Hall–Kier alpha value is -4.80. The second kappa shape index (κ2) is 11.0. The zero-order valence-corrected chi connectivity index (χ0v) is 23.4. The fourth-order valence-electron chi connectivity index (χ4n) is 4.26. The van der Waals surface area contributed by atoms with Crippen molar-refractivity contribution in [2.45, 2.75) is 6.61 Å². The molecule has 0 aliphatic carbocycles. The molecule has 202 valence electrons. The standard InChI is InChI=1S/C30H18BrClN4O5/c31-21-8-12-26-20(14-21)15-28(41-26)29-34-24-4-2-1-3-23(24)30(37)35(29)33-16-19-7-11-27(25(13-19)36(38)39)40-17-18-5-9-22(32)10-6-18/h1-16H,17H2. The molecule has 0 saturated carbocycles. The predicted molar refractivity (Wildman–Crippen MR) is 161 cm³/mol. The van der Waals surface area contributed by atoms with Gasteiger partial charge in [0.25, 0.3) is 5.56 Å². The monoisotopic (exact) mass is 628 g/mol. The average Bonchev–Trinajstić information content (AvgIpc) is 3.39. The lowest BCUT2D eigenvalue weighted by Gasteiger charge is -2.08. The number of nitro groups is 1. The summed E-state index contributed by atoms with van der Waals surface area (Å²) in [4.78, 5) is 29.5. The maximum absolute atomic E-state index is 13.5. The number of hydrogen-bond donors (Lipinski definition) is 0. The first-order chi connectivity index (χ1) is 19.9. The van der Waals surface area contributed by atoms with Gasteiger partial charge in [0.15, 0.2) is 11.5 Å². The summed E-state index contributed by atoms with van der Waals surface area (Å²) < 4.78 is 13.7. The summed E-state index contributed by atoms with van der Waals surface area (Å²) in [7, 11) is 0. The lowest BCUT2D eigenvalue weighted by molar-refractivity contribution is -0.385. The first-order valence-corrected chi connectivity index (χ1v) is 13.4.